The molecule has 0 aliphatic heterocycles. The Bertz CT molecular complexity index is 436. The zero-order valence-corrected chi connectivity index (χ0v) is 13.5. The highest BCUT2D eigenvalue weighted by Gasteiger charge is 2.52. The van der Waals surface area contributed by atoms with Crippen molar-refractivity contribution in [3.05, 3.63) is 11.6 Å². The Morgan fingerprint density at radius 3 is 2.60 bits per heavy atom. The second kappa shape index (κ2) is 5.34. The van der Waals surface area contributed by atoms with Crippen molar-refractivity contribution in [1.82, 2.24) is 5.01 Å². The van der Waals surface area contributed by atoms with Crippen LogP contribution in [0, 0.1) is 22.7 Å². The molecule has 0 aromatic rings. The maximum Gasteiger partial charge on any atom is 0.128 e. The van der Waals surface area contributed by atoms with Crippen LogP contribution in [0.1, 0.15) is 46.5 Å². The van der Waals surface area contributed by atoms with E-state index < -0.39 is 0 Å². The molecule has 2 aliphatic rings. The smallest absolute Gasteiger partial charge is 0.128 e. The Hall–Kier alpha value is -1.12. The fraction of sp³-hybridized carbons (Fsp3) is 0.765. The summed E-state index contributed by atoms with van der Waals surface area (Å²) in [7, 11) is 3.81. The number of nitrogens with zero attached hydrogens (tertiary/aromatic N) is 2. The van der Waals surface area contributed by atoms with Gasteiger partial charge in [-0.3, -0.25) is 0 Å². The molecule has 0 radical (unpaired) electrons. The summed E-state index contributed by atoms with van der Waals surface area (Å²) in [5.74, 6) is 0.583. The number of hydrogen-bond acceptors (Lipinski definition) is 3. The molecule has 20 heavy (non-hydrogen) atoms. The van der Waals surface area contributed by atoms with Gasteiger partial charge in [0.1, 0.15) is 6.29 Å². The summed E-state index contributed by atoms with van der Waals surface area (Å²) >= 11 is 0. The van der Waals surface area contributed by atoms with Gasteiger partial charge in [-0.1, -0.05) is 33.3 Å². The maximum absolute atomic E-state index is 11.8. The predicted octanol–water partition coefficient (Wildman–Crippen LogP) is 3.51. The molecule has 3 heteroatoms. The fourth-order valence-corrected chi connectivity index (χ4v) is 4.44. The molecular formula is C17H28N2O. The van der Waals surface area contributed by atoms with E-state index in [0.29, 0.717) is 11.3 Å². The molecule has 112 valence electrons. The first-order valence-electron chi connectivity index (χ1n) is 7.68. The Kier molecular flexibility index (Phi) is 4.08. The van der Waals surface area contributed by atoms with Gasteiger partial charge in [-0.05, 0) is 41.6 Å². The molecule has 0 heterocycles. The number of hydrogen-bond donors (Lipinski definition) is 0. The van der Waals surface area contributed by atoms with Crippen LogP contribution in [-0.4, -0.2) is 31.6 Å². The molecule has 0 unspecified atom stereocenters. The first-order valence-corrected chi connectivity index (χ1v) is 7.68. The highest BCUT2D eigenvalue weighted by molar-refractivity contribution is 5.85. The fourth-order valence-electron chi connectivity index (χ4n) is 4.44. The van der Waals surface area contributed by atoms with Gasteiger partial charge in [-0.2, -0.15) is 5.10 Å². The van der Waals surface area contributed by atoms with Gasteiger partial charge in [-0.15, -0.1) is 0 Å². The minimum absolute atomic E-state index is 0.00970. The summed E-state index contributed by atoms with van der Waals surface area (Å²) in [6.07, 6.45) is 9.99. The monoisotopic (exact) mass is 276 g/mol. The summed E-state index contributed by atoms with van der Waals surface area (Å²) in [4.78, 5) is 11.8. The molecule has 3 atom stereocenters. The van der Waals surface area contributed by atoms with Gasteiger partial charge in [0, 0.05) is 20.0 Å². The Morgan fingerprint density at radius 2 is 2.00 bits per heavy atom. The van der Waals surface area contributed by atoms with Crippen molar-refractivity contribution in [2.45, 2.75) is 46.5 Å². The topological polar surface area (TPSA) is 32.7 Å². The third-order valence-corrected chi connectivity index (χ3v) is 5.51. The standard InChI is InChI=1S/C17H28N2O/c1-16(2)9-6-10-17(3)14(12-20)13(7-8-15(16)17)11-18-19(4)5/h7,11-12,14-15H,6,8-10H2,1-5H3/b18-11+/t14-,15-,17+/m0/s1. The summed E-state index contributed by atoms with van der Waals surface area (Å²) in [5.41, 5.74) is 1.52. The van der Waals surface area contributed by atoms with Crippen LogP contribution in [-0.2, 0) is 4.79 Å². The number of rotatable bonds is 3. The van der Waals surface area contributed by atoms with E-state index in [2.05, 4.69) is 31.9 Å². The van der Waals surface area contributed by atoms with E-state index in [1.165, 1.54) is 12.8 Å². The van der Waals surface area contributed by atoms with Crippen molar-refractivity contribution in [1.29, 1.82) is 0 Å². The SMILES string of the molecule is CN(C)/N=C/C1=CC[C@H]2C(C)(C)CCC[C@]2(C)[C@H]1C=O. The minimum Gasteiger partial charge on any atom is -0.303 e. The maximum atomic E-state index is 11.8. The van der Waals surface area contributed by atoms with E-state index in [9.17, 15) is 4.79 Å². The molecule has 0 N–H and O–H groups in total. The number of hydrazone groups is 1. The van der Waals surface area contributed by atoms with E-state index in [4.69, 9.17) is 0 Å². The third-order valence-electron chi connectivity index (χ3n) is 5.51. The van der Waals surface area contributed by atoms with E-state index in [0.717, 1.165) is 24.7 Å². The van der Waals surface area contributed by atoms with Crippen molar-refractivity contribution < 1.29 is 4.79 Å². The Morgan fingerprint density at radius 1 is 1.30 bits per heavy atom. The van der Waals surface area contributed by atoms with Crippen LogP contribution < -0.4 is 0 Å². The number of carbonyl (C=O) groups excluding carboxylic acids is 1. The van der Waals surface area contributed by atoms with E-state index in [1.807, 2.05) is 20.3 Å². The average Bonchev–Trinajstić information content (AvgIpc) is 2.34. The number of allylic oxidation sites excluding steroid dienone is 2. The van der Waals surface area contributed by atoms with Gasteiger partial charge in [0.2, 0.25) is 0 Å². The van der Waals surface area contributed by atoms with Crippen molar-refractivity contribution in [3.8, 4) is 0 Å². The van der Waals surface area contributed by atoms with Crippen molar-refractivity contribution in [2.75, 3.05) is 14.1 Å². The minimum atomic E-state index is -0.00970. The number of aldehydes is 1. The first kappa shape index (κ1) is 15.3. The molecule has 0 saturated heterocycles. The Balaban J connectivity index is 2.37. The number of fused-ring (bicyclic) bond motifs is 1. The van der Waals surface area contributed by atoms with Crippen LogP contribution in [0.4, 0.5) is 0 Å². The molecule has 0 aromatic carbocycles. The van der Waals surface area contributed by atoms with Gasteiger partial charge in [0.05, 0.1) is 6.21 Å². The summed E-state index contributed by atoms with van der Waals surface area (Å²) in [6, 6.07) is 0. The second-order valence-electron chi connectivity index (χ2n) is 7.55. The molecule has 2 rings (SSSR count). The Labute approximate surface area is 123 Å². The predicted molar refractivity (Wildman–Crippen MR) is 83.7 cm³/mol. The van der Waals surface area contributed by atoms with Gasteiger partial charge in [-0.25, -0.2) is 0 Å². The van der Waals surface area contributed by atoms with Crippen molar-refractivity contribution in [2.24, 2.45) is 27.8 Å². The molecular weight excluding hydrogens is 248 g/mol. The van der Waals surface area contributed by atoms with E-state index in [1.54, 1.807) is 5.01 Å². The molecule has 1 saturated carbocycles. The summed E-state index contributed by atoms with van der Waals surface area (Å²) in [6.45, 7) is 7.04. The largest absolute Gasteiger partial charge is 0.303 e. The van der Waals surface area contributed by atoms with Crippen LogP contribution in [0.5, 0.6) is 0 Å². The lowest BCUT2D eigenvalue weighted by atomic mass is 9.49. The van der Waals surface area contributed by atoms with Crippen LogP contribution in [0.25, 0.3) is 0 Å². The van der Waals surface area contributed by atoms with Gasteiger partial charge in [0.15, 0.2) is 0 Å². The van der Waals surface area contributed by atoms with Crippen molar-refractivity contribution >= 4 is 12.5 Å². The van der Waals surface area contributed by atoms with Crippen LogP contribution in [0.3, 0.4) is 0 Å². The van der Waals surface area contributed by atoms with Crippen molar-refractivity contribution in [3.63, 3.8) is 0 Å². The van der Waals surface area contributed by atoms with E-state index >= 15 is 0 Å². The molecule has 0 bridgehead atoms. The molecule has 3 nitrogen and oxygen atoms in total. The van der Waals surface area contributed by atoms with Crippen LogP contribution in [0.15, 0.2) is 16.8 Å². The van der Waals surface area contributed by atoms with Gasteiger partial charge >= 0.3 is 0 Å². The van der Waals surface area contributed by atoms with Crippen LogP contribution >= 0.6 is 0 Å². The molecule has 1 fully saturated rings. The van der Waals surface area contributed by atoms with Gasteiger partial charge in [0.25, 0.3) is 0 Å². The zero-order valence-electron chi connectivity index (χ0n) is 13.5. The molecule has 2 aliphatic carbocycles. The van der Waals surface area contributed by atoms with Gasteiger partial charge < -0.3 is 9.80 Å². The first-order chi connectivity index (χ1) is 9.31. The summed E-state index contributed by atoms with van der Waals surface area (Å²) < 4.78 is 0. The molecule has 0 spiro atoms. The highest BCUT2D eigenvalue weighted by Crippen LogP contribution is 2.58. The lowest BCUT2D eigenvalue weighted by Crippen LogP contribution is -2.49. The normalized spacial score (nSPS) is 36.4. The van der Waals surface area contributed by atoms with E-state index in [-0.39, 0.29) is 11.3 Å². The molecule has 0 aromatic heterocycles. The number of carbonyl (C=O) groups is 1. The second-order valence-corrected chi connectivity index (χ2v) is 7.55. The van der Waals surface area contributed by atoms with Crippen LogP contribution in [0.2, 0.25) is 0 Å². The third kappa shape index (κ3) is 2.55. The summed E-state index contributed by atoms with van der Waals surface area (Å²) in [5, 5.41) is 6.11. The highest BCUT2D eigenvalue weighted by atomic mass is 16.1. The molecule has 0 amide bonds. The lowest BCUT2D eigenvalue weighted by molar-refractivity contribution is -0.119. The zero-order chi connectivity index (χ0) is 15.0. The lowest BCUT2D eigenvalue weighted by Gasteiger charge is -2.55. The quantitative estimate of drug-likeness (QED) is 0.449. The average molecular weight is 276 g/mol.